The molecule has 1 aliphatic rings. The van der Waals surface area contributed by atoms with Crippen LogP contribution in [0, 0.1) is 0 Å². The van der Waals surface area contributed by atoms with Gasteiger partial charge < -0.3 is 4.42 Å². The molecular formula is C11H7N2O2+. The van der Waals surface area contributed by atoms with E-state index in [0.717, 1.165) is 17.6 Å². The lowest BCUT2D eigenvalue weighted by Crippen LogP contribution is -2.29. The van der Waals surface area contributed by atoms with Gasteiger partial charge in [-0.2, -0.15) is 4.79 Å². The van der Waals surface area contributed by atoms with Crippen LogP contribution >= 0.6 is 0 Å². The van der Waals surface area contributed by atoms with E-state index in [1.807, 2.05) is 18.3 Å². The van der Waals surface area contributed by atoms with Crippen LogP contribution in [0.1, 0.15) is 5.56 Å². The van der Waals surface area contributed by atoms with Crippen molar-refractivity contribution in [3.05, 3.63) is 46.7 Å². The summed E-state index contributed by atoms with van der Waals surface area (Å²) in [5.41, 5.74) is 2.83. The van der Waals surface area contributed by atoms with E-state index in [2.05, 4.69) is 10.6 Å². The summed E-state index contributed by atoms with van der Waals surface area (Å²) in [5.74, 6) is -0.324. The Kier molecular flexibility index (Phi) is 1.02. The first-order valence-electron chi connectivity index (χ1n) is 4.80. The third-order valence-electron chi connectivity index (χ3n) is 2.97. The number of hydrogen-bond acceptors (Lipinski definition) is 2. The van der Waals surface area contributed by atoms with Gasteiger partial charge in [0, 0.05) is 5.56 Å². The number of nitrogens with zero attached hydrogens (tertiary/aromatic N) is 2. The zero-order valence-corrected chi connectivity index (χ0v) is 7.80. The second-order valence-corrected chi connectivity index (χ2v) is 3.78. The molecule has 0 fully saturated rings. The average Bonchev–Trinajstić information content (AvgIpc) is 2.75. The second-order valence-electron chi connectivity index (χ2n) is 3.78. The third kappa shape index (κ3) is 0.697. The van der Waals surface area contributed by atoms with Gasteiger partial charge in [0.1, 0.15) is 24.3 Å². The average molecular weight is 199 g/mol. The Balaban J connectivity index is 2.51. The summed E-state index contributed by atoms with van der Waals surface area (Å²) in [4.78, 5) is 11.6. The van der Waals surface area contributed by atoms with E-state index in [4.69, 9.17) is 4.42 Å². The molecule has 4 nitrogen and oxygen atoms in total. The monoisotopic (exact) mass is 199 g/mol. The molecule has 0 spiro atoms. The Hall–Kier alpha value is -2.10. The fourth-order valence-corrected chi connectivity index (χ4v) is 2.34. The van der Waals surface area contributed by atoms with Crippen LogP contribution in [0.3, 0.4) is 0 Å². The molecule has 0 radical (unpaired) electrons. The summed E-state index contributed by atoms with van der Waals surface area (Å²) in [6.45, 7) is 0.822. The molecule has 1 aliphatic heterocycles. The number of aromatic nitrogens is 2. The summed E-state index contributed by atoms with van der Waals surface area (Å²) in [7, 11) is 0. The molecule has 0 saturated heterocycles. The highest BCUT2D eigenvalue weighted by atomic mass is 16.4. The Morgan fingerprint density at radius 2 is 2.33 bits per heavy atom. The number of benzene rings is 1. The van der Waals surface area contributed by atoms with Crippen LogP contribution in [0.5, 0.6) is 0 Å². The van der Waals surface area contributed by atoms with Crippen molar-refractivity contribution in [1.29, 1.82) is 0 Å². The smallest absolute Gasteiger partial charge is 0.391 e. The van der Waals surface area contributed by atoms with Crippen molar-refractivity contribution < 1.29 is 8.98 Å². The van der Waals surface area contributed by atoms with Crippen LogP contribution in [0.4, 0.5) is 0 Å². The first kappa shape index (κ1) is 7.23. The van der Waals surface area contributed by atoms with Gasteiger partial charge in [0.15, 0.2) is 5.58 Å². The zero-order chi connectivity index (χ0) is 9.99. The van der Waals surface area contributed by atoms with Gasteiger partial charge in [-0.3, -0.25) is 0 Å². The van der Waals surface area contributed by atoms with Crippen LogP contribution in [0.25, 0.3) is 16.6 Å². The fourth-order valence-electron chi connectivity index (χ4n) is 2.34. The number of imidazole rings is 1. The van der Waals surface area contributed by atoms with Crippen molar-refractivity contribution in [1.82, 2.24) is 4.40 Å². The Morgan fingerprint density at radius 1 is 1.40 bits per heavy atom. The number of hydrogen-bond donors (Lipinski definition) is 0. The molecule has 72 valence electrons. The van der Waals surface area contributed by atoms with E-state index in [-0.39, 0.29) is 5.76 Å². The summed E-state index contributed by atoms with van der Waals surface area (Å²) < 4.78 is 8.86. The van der Waals surface area contributed by atoms with Gasteiger partial charge in [-0.15, -0.1) is 4.40 Å². The molecule has 0 N–H and O–H groups in total. The van der Waals surface area contributed by atoms with E-state index in [0.29, 0.717) is 5.58 Å². The van der Waals surface area contributed by atoms with E-state index in [9.17, 15) is 4.79 Å². The lowest BCUT2D eigenvalue weighted by molar-refractivity contribution is -0.657. The van der Waals surface area contributed by atoms with Crippen LogP contribution in [-0.4, -0.2) is 4.40 Å². The van der Waals surface area contributed by atoms with E-state index in [1.54, 1.807) is 10.6 Å². The van der Waals surface area contributed by atoms with Gasteiger partial charge >= 0.3 is 11.4 Å². The maximum Gasteiger partial charge on any atom is 0.517 e. The predicted molar refractivity (Wildman–Crippen MR) is 52.7 cm³/mol. The predicted octanol–water partition coefficient (Wildman–Crippen LogP) is 0.695. The van der Waals surface area contributed by atoms with Gasteiger partial charge in [0.05, 0.1) is 0 Å². The van der Waals surface area contributed by atoms with Crippen LogP contribution in [-0.2, 0) is 6.54 Å². The number of rotatable bonds is 0. The molecule has 0 saturated carbocycles. The van der Waals surface area contributed by atoms with Crippen molar-refractivity contribution in [2.75, 3.05) is 0 Å². The van der Waals surface area contributed by atoms with Crippen molar-refractivity contribution in [3.8, 4) is 0 Å². The highest BCUT2D eigenvalue weighted by molar-refractivity contribution is 5.92. The first-order valence-corrected chi connectivity index (χ1v) is 4.80. The minimum atomic E-state index is -0.324. The summed E-state index contributed by atoms with van der Waals surface area (Å²) >= 11 is 0. The molecule has 4 rings (SSSR count). The van der Waals surface area contributed by atoms with Crippen LogP contribution in [0.15, 0.2) is 39.8 Å². The largest absolute Gasteiger partial charge is 0.517 e. The highest BCUT2D eigenvalue weighted by Crippen LogP contribution is 2.24. The molecule has 0 bridgehead atoms. The molecule has 2 aromatic heterocycles. The molecule has 3 aromatic rings. The van der Waals surface area contributed by atoms with E-state index in [1.165, 1.54) is 5.56 Å². The molecule has 0 aliphatic carbocycles. The van der Waals surface area contributed by atoms with Crippen LogP contribution in [0.2, 0.25) is 0 Å². The molecule has 0 amide bonds. The van der Waals surface area contributed by atoms with Gasteiger partial charge in [-0.25, -0.2) is 4.57 Å². The molecule has 0 unspecified atom stereocenters. The Morgan fingerprint density at radius 3 is 3.27 bits per heavy atom. The standard InChI is InChI=1S/C11H7N2O2/c14-11-13-5-4-12-6-7-2-1-3-8(15-11)9(7)10(12)13/h1-5H,6H2/q+1. The summed E-state index contributed by atoms with van der Waals surface area (Å²) in [6, 6.07) is 5.82. The normalized spacial score (nSPS) is 13.3. The Labute approximate surface area is 84.0 Å². The zero-order valence-electron chi connectivity index (χ0n) is 7.80. The first-order chi connectivity index (χ1) is 7.34. The van der Waals surface area contributed by atoms with Crippen molar-refractivity contribution >= 4 is 16.6 Å². The highest BCUT2D eigenvalue weighted by Gasteiger charge is 2.26. The second kappa shape index (κ2) is 2.11. The Bertz CT molecular complexity index is 767. The van der Waals surface area contributed by atoms with Crippen LogP contribution < -0.4 is 10.3 Å². The SMILES string of the molecule is O=c1oc2cccc3c2c2n1cc[n+]2C3. The summed E-state index contributed by atoms with van der Waals surface area (Å²) in [5, 5.41) is 1.06. The van der Waals surface area contributed by atoms with Gasteiger partial charge in [0.2, 0.25) is 0 Å². The fraction of sp³-hybridized carbons (Fsp3) is 0.0909. The van der Waals surface area contributed by atoms with E-state index < -0.39 is 0 Å². The molecule has 0 atom stereocenters. The van der Waals surface area contributed by atoms with Gasteiger partial charge in [-0.1, -0.05) is 12.1 Å². The van der Waals surface area contributed by atoms with Crippen molar-refractivity contribution in [3.63, 3.8) is 0 Å². The third-order valence-corrected chi connectivity index (χ3v) is 2.97. The minimum absolute atomic E-state index is 0.324. The summed E-state index contributed by atoms with van der Waals surface area (Å²) in [6.07, 6.45) is 3.66. The minimum Gasteiger partial charge on any atom is -0.391 e. The molecule has 1 aromatic carbocycles. The van der Waals surface area contributed by atoms with Gasteiger partial charge in [-0.05, 0) is 6.07 Å². The topological polar surface area (TPSA) is 38.5 Å². The molecular weight excluding hydrogens is 192 g/mol. The maximum absolute atomic E-state index is 11.6. The van der Waals surface area contributed by atoms with Gasteiger partial charge in [0.25, 0.3) is 0 Å². The maximum atomic E-state index is 11.6. The quantitative estimate of drug-likeness (QED) is 0.391. The van der Waals surface area contributed by atoms with Crippen molar-refractivity contribution in [2.45, 2.75) is 6.54 Å². The molecule has 4 heteroatoms. The molecule has 15 heavy (non-hydrogen) atoms. The lowest BCUT2D eigenvalue weighted by atomic mass is 10.1. The van der Waals surface area contributed by atoms with Crippen molar-refractivity contribution in [2.24, 2.45) is 0 Å². The van der Waals surface area contributed by atoms with E-state index >= 15 is 0 Å². The molecule has 3 heterocycles. The lowest BCUT2D eigenvalue weighted by Gasteiger charge is -1.93.